The molecule has 1 spiro atoms. The Morgan fingerprint density at radius 2 is 2.22 bits per heavy atom. The van der Waals surface area contributed by atoms with Crippen molar-refractivity contribution in [2.45, 2.75) is 45.6 Å². The van der Waals surface area contributed by atoms with E-state index in [1.807, 2.05) is 37.4 Å². The molecule has 32 heavy (non-hydrogen) atoms. The van der Waals surface area contributed by atoms with Gasteiger partial charge in [-0.05, 0) is 67.3 Å². The lowest BCUT2D eigenvalue weighted by Gasteiger charge is -2.39. The van der Waals surface area contributed by atoms with E-state index in [0.29, 0.717) is 5.56 Å². The predicted octanol–water partition coefficient (Wildman–Crippen LogP) is 3.88. The minimum atomic E-state index is -0.0830. The van der Waals surface area contributed by atoms with Gasteiger partial charge in [0.25, 0.3) is 0 Å². The Morgan fingerprint density at radius 3 is 2.97 bits per heavy atom. The van der Waals surface area contributed by atoms with Crippen LogP contribution in [0.1, 0.15) is 55.8 Å². The van der Waals surface area contributed by atoms with E-state index < -0.39 is 0 Å². The first-order chi connectivity index (χ1) is 15.5. The van der Waals surface area contributed by atoms with E-state index >= 15 is 0 Å². The minimum Gasteiger partial charge on any atom is -0.355 e. The number of fused-ring (bicyclic) bond motifs is 1. The molecule has 2 fully saturated rings. The molecule has 2 N–H and O–H groups in total. The van der Waals surface area contributed by atoms with Gasteiger partial charge >= 0.3 is 0 Å². The number of benzene rings is 1. The van der Waals surface area contributed by atoms with Crippen molar-refractivity contribution in [2.75, 3.05) is 18.0 Å². The largest absolute Gasteiger partial charge is 0.355 e. The van der Waals surface area contributed by atoms with Crippen LogP contribution in [0.2, 0.25) is 0 Å². The summed E-state index contributed by atoms with van der Waals surface area (Å²) in [4.78, 5) is 27.7. The number of amides is 1. The second-order valence-corrected chi connectivity index (χ2v) is 9.17. The number of H-pyrrole nitrogens is 1. The number of nitriles is 1. The molecule has 1 amide bonds. The molecule has 1 aliphatic carbocycles. The van der Waals surface area contributed by atoms with E-state index in [2.05, 4.69) is 38.2 Å². The Balaban J connectivity index is 1.31. The third-order valence-corrected chi connectivity index (χ3v) is 7.25. The SMILES string of the molecule is CCc1cc(C#N)ccc1[C@@H](C)NC(=O)C1CCN(c2ncnc3[nH]ccc23)CC12CC2. The summed E-state index contributed by atoms with van der Waals surface area (Å²) >= 11 is 0. The van der Waals surface area contributed by atoms with Crippen LogP contribution in [0.5, 0.6) is 0 Å². The van der Waals surface area contributed by atoms with Gasteiger partial charge in [0.05, 0.1) is 23.1 Å². The lowest BCUT2D eigenvalue weighted by atomic mass is 9.81. The molecule has 3 aromatic rings. The Bertz CT molecular complexity index is 1200. The number of aryl methyl sites for hydroxylation is 1. The van der Waals surface area contributed by atoms with E-state index in [1.165, 1.54) is 0 Å². The molecule has 0 radical (unpaired) electrons. The molecule has 2 aromatic heterocycles. The lowest BCUT2D eigenvalue weighted by Crippen LogP contribution is -2.48. The molecule has 0 bridgehead atoms. The fourth-order valence-electron chi connectivity index (χ4n) is 5.32. The lowest BCUT2D eigenvalue weighted by molar-refractivity contribution is -0.128. The van der Waals surface area contributed by atoms with Gasteiger partial charge in [-0.25, -0.2) is 9.97 Å². The zero-order chi connectivity index (χ0) is 22.3. The summed E-state index contributed by atoms with van der Waals surface area (Å²) in [5.74, 6) is 1.13. The predicted molar refractivity (Wildman–Crippen MR) is 123 cm³/mol. The number of anilines is 1. The average molecular weight is 429 g/mol. The van der Waals surface area contributed by atoms with Gasteiger partial charge in [0, 0.05) is 25.2 Å². The molecule has 7 nitrogen and oxygen atoms in total. The van der Waals surface area contributed by atoms with Crippen LogP contribution in [0.4, 0.5) is 5.82 Å². The van der Waals surface area contributed by atoms with Crippen LogP contribution in [-0.4, -0.2) is 33.9 Å². The summed E-state index contributed by atoms with van der Waals surface area (Å²) in [5.41, 5.74) is 3.76. The molecule has 3 heterocycles. The first-order valence-electron chi connectivity index (χ1n) is 11.4. The van der Waals surface area contributed by atoms with Gasteiger partial charge in [-0.2, -0.15) is 5.26 Å². The molecule has 1 saturated carbocycles. The fourth-order valence-corrected chi connectivity index (χ4v) is 5.32. The number of carbonyl (C=O) groups is 1. The summed E-state index contributed by atoms with van der Waals surface area (Å²) in [6, 6.07) is 9.89. The van der Waals surface area contributed by atoms with Gasteiger partial charge in [0.2, 0.25) is 5.91 Å². The van der Waals surface area contributed by atoms with Crippen LogP contribution in [0, 0.1) is 22.7 Å². The maximum Gasteiger partial charge on any atom is 0.224 e. The van der Waals surface area contributed by atoms with Crippen LogP contribution in [0.25, 0.3) is 11.0 Å². The number of rotatable bonds is 5. The summed E-state index contributed by atoms with van der Waals surface area (Å²) in [7, 11) is 0. The third-order valence-electron chi connectivity index (χ3n) is 7.25. The monoisotopic (exact) mass is 428 g/mol. The van der Waals surface area contributed by atoms with E-state index in [1.54, 1.807) is 6.33 Å². The zero-order valence-corrected chi connectivity index (χ0v) is 18.6. The maximum absolute atomic E-state index is 13.4. The van der Waals surface area contributed by atoms with Crippen molar-refractivity contribution in [1.29, 1.82) is 5.26 Å². The van der Waals surface area contributed by atoms with E-state index in [4.69, 9.17) is 0 Å². The number of hydrogen-bond donors (Lipinski definition) is 2. The first kappa shape index (κ1) is 20.5. The van der Waals surface area contributed by atoms with Crippen LogP contribution >= 0.6 is 0 Å². The van der Waals surface area contributed by atoms with Crippen molar-refractivity contribution in [2.24, 2.45) is 11.3 Å². The zero-order valence-electron chi connectivity index (χ0n) is 18.6. The Kier molecular flexibility index (Phi) is 5.09. The van der Waals surface area contributed by atoms with Gasteiger partial charge in [0.1, 0.15) is 17.8 Å². The molecule has 2 aliphatic rings. The highest BCUT2D eigenvalue weighted by Crippen LogP contribution is 2.56. The van der Waals surface area contributed by atoms with Crippen LogP contribution in [0.3, 0.4) is 0 Å². The first-order valence-corrected chi connectivity index (χ1v) is 11.4. The fraction of sp³-hybridized carbons (Fsp3) is 0.440. The standard InChI is InChI=1S/C25H28N6O/c1-3-18-12-17(13-26)4-5-19(18)16(2)30-24(32)21-7-11-31(14-25(21)8-9-25)23-20-6-10-27-22(20)28-15-29-23/h4-6,10,12,15-16,21H,3,7-9,11,14H2,1-2H3,(H,30,32)(H,27,28,29)/t16-,21?/m1/s1. The highest BCUT2D eigenvalue weighted by molar-refractivity contribution is 5.88. The van der Waals surface area contributed by atoms with E-state index in [-0.39, 0.29) is 23.3 Å². The smallest absolute Gasteiger partial charge is 0.224 e. The van der Waals surface area contributed by atoms with Crippen molar-refractivity contribution in [3.8, 4) is 6.07 Å². The Morgan fingerprint density at radius 1 is 1.38 bits per heavy atom. The highest BCUT2D eigenvalue weighted by Gasteiger charge is 2.55. The quantitative estimate of drug-likeness (QED) is 0.643. The highest BCUT2D eigenvalue weighted by atomic mass is 16.2. The van der Waals surface area contributed by atoms with Crippen LogP contribution in [0.15, 0.2) is 36.8 Å². The van der Waals surface area contributed by atoms with E-state index in [9.17, 15) is 10.1 Å². The number of aromatic nitrogens is 3. The van der Waals surface area contributed by atoms with Gasteiger partial charge in [-0.3, -0.25) is 4.79 Å². The van der Waals surface area contributed by atoms with Gasteiger partial charge in [-0.15, -0.1) is 0 Å². The number of aromatic amines is 1. The van der Waals surface area contributed by atoms with Crippen molar-refractivity contribution in [3.05, 3.63) is 53.5 Å². The third kappa shape index (κ3) is 3.50. The van der Waals surface area contributed by atoms with Gasteiger partial charge in [0.15, 0.2) is 0 Å². The second-order valence-electron chi connectivity index (χ2n) is 9.17. The van der Waals surface area contributed by atoms with Crippen LogP contribution in [-0.2, 0) is 11.2 Å². The van der Waals surface area contributed by atoms with Crippen LogP contribution < -0.4 is 10.2 Å². The van der Waals surface area contributed by atoms with Crippen molar-refractivity contribution in [1.82, 2.24) is 20.3 Å². The minimum absolute atomic E-state index is 0.0215. The summed E-state index contributed by atoms with van der Waals surface area (Å²) in [6.07, 6.45) is 7.31. The van der Waals surface area contributed by atoms with Gasteiger partial charge < -0.3 is 15.2 Å². The van der Waals surface area contributed by atoms with Crippen molar-refractivity contribution < 1.29 is 4.79 Å². The molecule has 1 saturated heterocycles. The number of carbonyl (C=O) groups excluding carboxylic acids is 1. The van der Waals surface area contributed by atoms with Crippen molar-refractivity contribution in [3.63, 3.8) is 0 Å². The molecule has 1 aliphatic heterocycles. The summed E-state index contributed by atoms with van der Waals surface area (Å²) in [5, 5.41) is 13.5. The maximum atomic E-state index is 13.4. The summed E-state index contributed by atoms with van der Waals surface area (Å²) < 4.78 is 0. The molecule has 1 unspecified atom stereocenters. The molecule has 2 atom stereocenters. The number of nitrogens with one attached hydrogen (secondary N) is 2. The normalized spacial score (nSPS) is 20.2. The van der Waals surface area contributed by atoms with Gasteiger partial charge in [-0.1, -0.05) is 13.0 Å². The molecule has 1 aromatic carbocycles. The molecule has 7 heteroatoms. The topological polar surface area (TPSA) is 97.7 Å². The summed E-state index contributed by atoms with van der Waals surface area (Å²) in [6.45, 7) is 5.78. The molecule has 164 valence electrons. The Labute approximate surface area is 187 Å². The number of piperidine rings is 1. The number of hydrogen-bond acceptors (Lipinski definition) is 5. The molecular formula is C25H28N6O. The second kappa shape index (κ2) is 7.94. The van der Waals surface area contributed by atoms with E-state index in [0.717, 1.165) is 66.8 Å². The Hall–Kier alpha value is -3.40. The van der Waals surface area contributed by atoms with Crippen molar-refractivity contribution >= 4 is 22.8 Å². The average Bonchev–Trinajstić information content (AvgIpc) is 3.39. The molecule has 5 rings (SSSR count). The molecular weight excluding hydrogens is 400 g/mol. The number of nitrogens with zero attached hydrogens (tertiary/aromatic N) is 4.